The van der Waals surface area contributed by atoms with Crippen LogP contribution >= 0.6 is 11.3 Å². The van der Waals surface area contributed by atoms with Gasteiger partial charge in [-0.2, -0.15) is 0 Å². The largest absolute Gasteiger partial charge is 0.383 e. The van der Waals surface area contributed by atoms with Crippen LogP contribution in [0, 0.1) is 12.7 Å². The Kier molecular flexibility index (Phi) is 4.95. The van der Waals surface area contributed by atoms with Crippen LogP contribution in [-0.4, -0.2) is 30.5 Å². The van der Waals surface area contributed by atoms with Crippen molar-refractivity contribution in [2.45, 2.75) is 13.5 Å². The second-order valence-corrected chi connectivity index (χ2v) is 5.19. The van der Waals surface area contributed by atoms with Gasteiger partial charge < -0.3 is 10.1 Å². The lowest BCUT2D eigenvalue weighted by Crippen LogP contribution is -2.18. The van der Waals surface area contributed by atoms with Crippen molar-refractivity contribution in [3.8, 4) is 10.6 Å². The molecular weight excluding hydrogens is 265 g/mol. The molecule has 19 heavy (non-hydrogen) atoms. The Morgan fingerprint density at radius 3 is 2.95 bits per heavy atom. The maximum atomic E-state index is 13.1. The zero-order valence-electron chi connectivity index (χ0n) is 10.9. The van der Waals surface area contributed by atoms with E-state index < -0.39 is 0 Å². The molecule has 2 aromatic rings. The Morgan fingerprint density at radius 1 is 1.37 bits per heavy atom. The fraction of sp³-hybridized carbons (Fsp3) is 0.385. The first-order chi connectivity index (χ1) is 9.20. The first kappa shape index (κ1) is 14.0. The van der Waals surface area contributed by atoms with Crippen molar-refractivity contribution >= 4 is 11.3 Å². The average Bonchev–Trinajstić information content (AvgIpc) is 2.83. The number of nitrogens with zero attached hydrogens (tertiary/aromatic N) is 2. The molecule has 2 rings (SSSR count). The summed E-state index contributed by atoms with van der Waals surface area (Å²) in [5.74, 6) is -0.229. The van der Waals surface area contributed by atoms with Crippen LogP contribution < -0.4 is 5.32 Å². The number of nitrogens with one attached hydrogen (secondary N) is 1. The van der Waals surface area contributed by atoms with E-state index in [2.05, 4.69) is 15.5 Å². The third-order valence-electron chi connectivity index (χ3n) is 2.64. The number of benzene rings is 1. The molecule has 0 amide bonds. The molecule has 0 aliphatic carbocycles. The molecule has 1 aromatic carbocycles. The van der Waals surface area contributed by atoms with Crippen molar-refractivity contribution in [1.82, 2.24) is 15.5 Å². The van der Waals surface area contributed by atoms with Gasteiger partial charge in [-0.15, -0.1) is 10.2 Å². The molecule has 0 unspecified atom stereocenters. The van der Waals surface area contributed by atoms with Crippen LogP contribution in [0.4, 0.5) is 4.39 Å². The van der Waals surface area contributed by atoms with E-state index in [1.165, 1.54) is 23.5 Å². The van der Waals surface area contributed by atoms with E-state index in [1.807, 2.05) is 6.92 Å². The van der Waals surface area contributed by atoms with Gasteiger partial charge in [-0.05, 0) is 30.7 Å². The van der Waals surface area contributed by atoms with E-state index in [0.29, 0.717) is 13.2 Å². The minimum Gasteiger partial charge on any atom is -0.383 e. The van der Waals surface area contributed by atoms with Gasteiger partial charge in [0.05, 0.1) is 6.61 Å². The van der Waals surface area contributed by atoms with Crippen molar-refractivity contribution in [3.05, 3.63) is 34.6 Å². The van der Waals surface area contributed by atoms with Gasteiger partial charge in [-0.25, -0.2) is 4.39 Å². The Morgan fingerprint density at radius 2 is 2.21 bits per heavy atom. The molecule has 0 fully saturated rings. The molecule has 6 heteroatoms. The highest BCUT2D eigenvalue weighted by Crippen LogP contribution is 2.26. The molecule has 1 aromatic heterocycles. The van der Waals surface area contributed by atoms with Gasteiger partial charge in [0.15, 0.2) is 0 Å². The molecule has 1 N–H and O–H groups in total. The van der Waals surface area contributed by atoms with E-state index >= 15 is 0 Å². The topological polar surface area (TPSA) is 47.0 Å². The summed E-state index contributed by atoms with van der Waals surface area (Å²) in [5, 5.41) is 13.2. The number of ether oxygens (including phenoxy) is 1. The van der Waals surface area contributed by atoms with Crippen molar-refractivity contribution in [2.75, 3.05) is 20.3 Å². The maximum absolute atomic E-state index is 13.1. The van der Waals surface area contributed by atoms with Crippen LogP contribution in [0.2, 0.25) is 0 Å². The van der Waals surface area contributed by atoms with E-state index in [4.69, 9.17) is 4.74 Å². The molecule has 0 bridgehead atoms. The zero-order valence-corrected chi connectivity index (χ0v) is 11.8. The Labute approximate surface area is 115 Å². The normalized spacial score (nSPS) is 10.9. The molecule has 1 heterocycles. The third kappa shape index (κ3) is 3.79. The molecule has 102 valence electrons. The number of halogens is 1. The smallest absolute Gasteiger partial charge is 0.148 e. The van der Waals surface area contributed by atoms with Crippen LogP contribution in [0.1, 0.15) is 10.6 Å². The van der Waals surface area contributed by atoms with Crippen molar-refractivity contribution in [1.29, 1.82) is 0 Å². The highest BCUT2D eigenvalue weighted by molar-refractivity contribution is 7.14. The van der Waals surface area contributed by atoms with E-state index in [9.17, 15) is 4.39 Å². The lowest BCUT2D eigenvalue weighted by molar-refractivity contribution is 0.199. The minimum absolute atomic E-state index is 0.229. The van der Waals surface area contributed by atoms with Crippen LogP contribution in [0.15, 0.2) is 18.2 Å². The first-order valence-corrected chi connectivity index (χ1v) is 6.81. The van der Waals surface area contributed by atoms with Crippen molar-refractivity contribution < 1.29 is 9.13 Å². The number of hydrogen-bond acceptors (Lipinski definition) is 5. The number of methoxy groups -OCH3 is 1. The fourth-order valence-corrected chi connectivity index (χ4v) is 2.57. The molecule has 0 radical (unpaired) electrons. The molecule has 0 saturated heterocycles. The molecular formula is C13H16FN3OS. The average molecular weight is 281 g/mol. The second-order valence-electron chi connectivity index (χ2n) is 4.13. The van der Waals surface area contributed by atoms with Crippen LogP contribution in [0.25, 0.3) is 10.6 Å². The Hall–Kier alpha value is -1.37. The molecule has 0 saturated carbocycles. The summed E-state index contributed by atoms with van der Waals surface area (Å²) < 4.78 is 18.0. The summed E-state index contributed by atoms with van der Waals surface area (Å²) in [6.45, 7) is 3.99. The highest BCUT2D eigenvalue weighted by Gasteiger charge is 2.09. The number of hydrogen-bond donors (Lipinski definition) is 1. The fourth-order valence-electron chi connectivity index (χ4n) is 1.67. The van der Waals surface area contributed by atoms with Gasteiger partial charge in [0.2, 0.25) is 0 Å². The SMILES string of the molecule is COCCNCc1nnc(-c2ccc(F)cc2C)s1. The van der Waals surface area contributed by atoms with Gasteiger partial charge in [0.1, 0.15) is 15.8 Å². The minimum atomic E-state index is -0.229. The predicted octanol–water partition coefficient (Wildman–Crippen LogP) is 2.39. The maximum Gasteiger partial charge on any atom is 0.148 e. The third-order valence-corrected chi connectivity index (χ3v) is 3.60. The quantitative estimate of drug-likeness (QED) is 0.826. The van der Waals surface area contributed by atoms with Gasteiger partial charge in [0.25, 0.3) is 0 Å². The molecule has 0 aliphatic rings. The lowest BCUT2D eigenvalue weighted by atomic mass is 10.1. The van der Waals surface area contributed by atoms with Crippen molar-refractivity contribution in [3.63, 3.8) is 0 Å². The van der Waals surface area contributed by atoms with E-state index in [0.717, 1.165) is 27.7 Å². The molecule has 0 spiro atoms. The van der Waals surface area contributed by atoms with Gasteiger partial charge in [0, 0.05) is 25.8 Å². The van der Waals surface area contributed by atoms with Crippen LogP contribution in [-0.2, 0) is 11.3 Å². The van der Waals surface area contributed by atoms with Gasteiger partial charge in [-0.3, -0.25) is 0 Å². The van der Waals surface area contributed by atoms with Crippen molar-refractivity contribution in [2.24, 2.45) is 0 Å². The number of rotatable bonds is 6. The van der Waals surface area contributed by atoms with E-state index in [1.54, 1.807) is 13.2 Å². The molecule has 0 atom stereocenters. The Bertz CT molecular complexity index is 544. The summed E-state index contributed by atoms with van der Waals surface area (Å²) in [5.41, 5.74) is 1.80. The van der Waals surface area contributed by atoms with Gasteiger partial charge >= 0.3 is 0 Å². The zero-order chi connectivity index (χ0) is 13.7. The first-order valence-electron chi connectivity index (χ1n) is 5.99. The summed E-state index contributed by atoms with van der Waals surface area (Å²) in [6.07, 6.45) is 0. The standard InChI is InChI=1S/C13H16FN3OS/c1-9-7-10(14)3-4-11(9)13-17-16-12(19-13)8-15-5-6-18-2/h3-4,7,15H,5-6,8H2,1-2H3. The van der Waals surface area contributed by atoms with E-state index in [-0.39, 0.29) is 5.82 Å². The molecule has 4 nitrogen and oxygen atoms in total. The highest BCUT2D eigenvalue weighted by atomic mass is 32.1. The summed E-state index contributed by atoms with van der Waals surface area (Å²) in [4.78, 5) is 0. The predicted molar refractivity (Wildman–Crippen MR) is 73.6 cm³/mol. The summed E-state index contributed by atoms with van der Waals surface area (Å²) in [6, 6.07) is 4.70. The Balaban J connectivity index is 2.04. The molecule has 0 aliphatic heterocycles. The number of aryl methyl sites for hydroxylation is 1. The summed E-state index contributed by atoms with van der Waals surface area (Å²) >= 11 is 1.52. The second kappa shape index (κ2) is 6.70. The monoisotopic (exact) mass is 281 g/mol. The van der Waals surface area contributed by atoms with Crippen LogP contribution in [0.3, 0.4) is 0 Å². The summed E-state index contributed by atoms with van der Waals surface area (Å²) in [7, 11) is 1.67. The number of aromatic nitrogens is 2. The lowest BCUT2D eigenvalue weighted by Gasteiger charge is -2.01. The van der Waals surface area contributed by atoms with Crippen LogP contribution in [0.5, 0.6) is 0 Å². The van der Waals surface area contributed by atoms with Gasteiger partial charge in [-0.1, -0.05) is 11.3 Å².